The van der Waals surface area contributed by atoms with Crippen LogP contribution in [0.5, 0.6) is 0 Å². The zero-order valence-corrected chi connectivity index (χ0v) is 17.0. The van der Waals surface area contributed by atoms with Crippen molar-refractivity contribution in [3.63, 3.8) is 0 Å². The van der Waals surface area contributed by atoms with E-state index in [9.17, 15) is 13.2 Å². The van der Waals surface area contributed by atoms with E-state index in [0.717, 1.165) is 4.90 Å². The molecule has 26 heavy (non-hydrogen) atoms. The molecule has 1 aliphatic heterocycles. The standard InChI is InChI=1S/C18H22N2O3S3/c1-14-4-6-16(7-5-14)25-13-17(21)20-10-8-15(9-11-20)19-26(22,23)18-3-2-12-24-18/h2-7,12,15,19H,8-11,13H2,1H3. The molecule has 140 valence electrons. The molecule has 1 amide bonds. The average Bonchev–Trinajstić information content (AvgIpc) is 3.17. The molecule has 0 aliphatic carbocycles. The van der Waals surface area contributed by atoms with Crippen LogP contribution in [0.25, 0.3) is 0 Å². The Morgan fingerprint density at radius 3 is 2.54 bits per heavy atom. The number of likely N-dealkylation sites (tertiary alicyclic amines) is 1. The van der Waals surface area contributed by atoms with Crippen LogP contribution in [-0.2, 0) is 14.8 Å². The molecule has 1 aromatic carbocycles. The van der Waals surface area contributed by atoms with E-state index < -0.39 is 10.0 Å². The minimum Gasteiger partial charge on any atom is -0.342 e. The number of benzene rings is 1. The monoisotopic (exact) mass is 410 g/mol. The number of piperidine rings is 1. The summed E-state index contributed by atoms with van der Waals surface area (Å²) in [5, 5.41) is 1.75. The lowest BCUT2D eigenvalue weighted by molar-refractivity contribution is -0.129. The summed E-state index contributed by atoms with van der Waals surface area (Å²) in [4.78, 5) is 15.3. The normalized spacial score (nSPS) is 16.0. The number of hydrogen-bond acceptors (Lipinski definition) is 5. The first-order chi connectivity index (χ1) is 12.4. The SMILES string of the molecule is Cc1ccc(SCC(=O)N2CCC(NS(=O)(=O)c3cccs3)CC2)cc1. The van der Waals surface area contributed by atoms with Crippen molar-refractivity contribution in [2.45, 2.75) is 34.9 Å². The van der Waals surface area contributed by atoms with Crippen LogP contribution in [-0.4, -0.2) is 44.1 Å². The molecule has 1 fully saturated rings. The van der Waals surface area contributed by atoms with Crippen LogP contribution in [0, 0.1) is 6.92 Å². The first kappa shape index (κ1) is 19.4. The van der Waals surface area contributed by atoms with Gasteiger partial charge in [-0.25, -0.2) is 13.1 Å². The maximum atomic E-state index is 12.4. The zero-order chi connectivity index (χ0) is 18.6. The van der Waals surface area contributed by atoms with Gasteiger partial charge >= 0.3 is 0 Å². The summed E-state index contributed by atoms with van der Waals surface area (Å²) >= 11 is 2.75. The third-order valence-electron chi connectivity index (χ3n) is 4.31. The summed E-state index contributed by atoms with van der Waals surface area (Å²) in [5.41, 5.74) is 1.20. The van der Waals surface area contributed by atoms with Gasteiger partial charge in [0.2, 0.25) is 15.9 Å². The van der Waals surface area contributed by atoms with Crippen LogP contribution >= 0.6 is 23.1 Å². The van der Waals surface area contributed by atoms with Crippen LogP contribution in [0.15, 0.2) is 50.9 Å². The van der Waals surface area contributed by atoms with Crippen LogP contribution in [0.2, 0.25) is 0 Å². The quantitative estimate of drug-likeness (QED) is 0.743. The fraction of sp³-hybridized carbons (Fsp3) is 0.389. The van der Waals surface area contributed by atoms with E-state index in [4.69, 9.17) is 0 Å². The highest BCUT2D eigenvalue weighted by Gasteiger charge is 2.27. The van der Waals surface area contributed by atoms with Crippen molar-refractivity contribution in [1.29, 1.82) is 0 Å². The van der Waals surface area contributed by atoms with Gasteiger partial charge in [-0.2, -0.15) is 0 Å². The first-order valence-corrected chi connectivity index (χ1v) is 11.8. The Kier molecular flexibility index (Phi) is 6.39. The van der Waals surface area contributed by atoms with Gasteiger partial charge in [-0.3, -0.25) is 4.79 Å². The van der Waals surface area contributed by atoms with Crippen molar-refractivity contribution in [3.8, 4) is 0 Å². The topological polar surface area (TPSA) is 66.5 Å². The number of nitrogens with one attached hydrogen (secondary N) is 1. The number of carbonyl (C=O) groups excluding carboxylic acids is 1. The highest BCUT2D eigenvalue weighted by molar-refractivity contribution is 8.00. The third kappa shape index (κ3) is 5.09. The Morgan fingerprint density at radius 1 is 1.23 bits per heavy atom. The van der Waals surface area contributed by atoms with Gasteiger partial charge in [0.05, 0.1) is 5.75 Å². The maximum Gasteiger partial charge on any atom is 0.250 e. The summed E-state index contributed by atoms with van der Waals surface area (Å²) in [6, 6.07) is 11.4. The molecule has 1 aromatic heterocycles. The summed E-state index contributed by atoms with van der Waals surface area (Å²) in [6.45, 7) is 3.21. The predicted octanol–water partition coefficient (Wildman–Crippen LogP) is 3.12. The molecule has 0 atom stereocenters. The lowest BCUT2D eigenvalue weighted by Crippen LogP contribution is -2.46. The predicted molar refractivity (Wildman–Crippen MR) is 106 cm³/mol. The largest absolute Gasteiger partial charge is 0.342 e. The molecule has 2 aromatic rings. The average molecular weight is 411 g/mol. The molecule has 8 heteroatoms. The number of nitrogens with zero attached hydrogens (tertiary/aromatic N) is 1. The Balaban J connectivity index is 1.45. The Labute approximate surface area is 162 Å². The number of rotatable bonds is 6. The van der Waals surface area contributed by atoms with Gasteiger partial charge < -0.3 is 4.90 Å². The number of aryl methyl sites for hydroxylation is 1. The van der Waals surface area contributed by atoms with E-state index in [0.29, 0.717) is 35.9 Å². The maximum absolute atomic E-state index is 12.4. The number of sulfonamides is 1. The Bertz CT molecular complexity index is 825. The van der Waals surface area contributed by atoms with Crippen molar-refractivity contribution in [1.82, 2.24) is 9.62 Å². The minimum atomic E-state index is -3.44. The second-order valence-corrected chi connectivity index (χ2v) is 10.2. The lowest BCUT2D eigenvalue weighted by atomic mass is 10.1. The van der Waals surface area contributed by atoms with Crippen molar-refractivity contribution in [2.75, 3.05) is 18.8 Å². The highest BCUT2D eigenvalue weighted by Crippen LogP contribution is 2.21. The Morgan fingerprint density at radius 2 is 1.92 bits per heavy atom. The van der Waals surface area contributed by atoms with Crippen LogP contribution in [0.4, 0.5) is 0 Å². The van der Waals surface area contributed by atoms with E-state index >= 15 is 0 Å². The number of hydrogen-bond donors (Lipinski definition) is 1. The molecule has 0 unspecified atom stereocenters. The van der Waals surface area contributed by atoms with Gasteiger partial charge in [0.15, 0.2) is 0 Å². The molecule has 0 radical (unpaired) electrons. The van der Waals surface area contributed by atoms with Crippen LogP contribution in [0.1, 0.15) is 18.4 Å². The minimum absolute atomic E-state index is 0.107. The molecule has 0 spiro atoms. The molecule has 1 N–H and O–H groups in total. The van der Waals surface area contributed by atoms with Gasteiger partial charge in [0.1, 0.15) is 4.21 Å². The fourth-order valence-electron chi connectivity index (χ4n) is 2.81. The zero-order valence-electron chi connectivity index (χ0n) is 14.6. The van der Waals surface area contributed by atoms with Crippen LogP contribution in [0.3, 0.4) is 0 Å². The third-order valence-corrected chi connectivity index (χ3v) is 8.23. The van der Waals surface area contributed by atoms with Crippen molar-refractivity contribution in [2.24, 2.45) is 0 Å². The number of carbonyl (C=O) groups is 1. The molecule has 1 saturated heterocycles. The molecule has 5 nitrogen and oxygen atoms in total. The van der Waals surface area contributed by atoms with E-state index in [2.05, 4.69) is 4.72 Å². The molecule has 2 heterocycles. The summed E-state index contributed by atoms with van der Waals surface area (Å²) in [5.74, 6) is 0.518. The van der Waals surface area contributed by atoms with E-state index in [1.807, 2.05) is 36.1 Å². The van der Waals surface area contributed by atoms with E-state index in [-0.39, 0.29) is 11.9 Å². The van der Waals surface area contributed by atoms with Crippen molar-refractivity contribution >= 4 is 39.0 Å². The Hall–Kier alpha value is -1.35. The van der Waals surface area contributed by atoms with Gasteiger partial charge in [-0.1, -0.05) is 23.8 Å². The first-order valence-electron chi connectivity index (χ1n) is 8.47. The van der Waals surface area contributed by atoms with Gasteiger partial charge in [-0.15, -0.1) is 23.1 Å². The van der Waals surface area contributed by atoms with Crippen molar-refractivity contribution in [3.05, 3.63) is 47.3 Å². The summed E-state index contributed by atoms with van der Waals surface area (Å²) in [6.07, 6.45) is 1.29. The molecule has 0 saturated carbocycles. The molecule has 3 rings (SSSR count). The van der Waals surface area contributed by atoms with Gasteiger partial charge in [-0.05, 0) is 43.3 Å². The van der Waals surface area contributed by atoms with E-state index in [1.54, 1.807) is 17.5 Å². The van der Waals surface area contributed by atoms with Crippen LogP contribution < -0.4 is 4.72 Å². The molecule has 1 aliphatic rings. The second kappa shape index (κ2) is 8.56. The highest BCUT2D eigenvalue weighted by atomic mass is 32.2. The number of thioether (sulfide) groups is 1. The molecule has 0 bridgehead atoms. The molecular formula is C18H22N2O3S3. The number of amides is 1. The second-order valence-electron chi connectivity index (χ2n) is 6.31. The smallest absolute Gasteiger partial charge is 0.250 e. The van der Waals surface area contributed by atoms with Crippen molar-refractivity contribution < 1.29 is 13.2 Å². The van der Waals surface area contributed by atoms with E-state index in [1.165, 1.54) is 28.7 Å². The summed E-state index contributed by atoms with van der Waals surface area (Å²) < 4.78 is 27.6. The lowest BCUT2D eigenvalue weighted by Gasteiger charge is -2.32. The van der Waals surface area contributed by atoms with Gasteiger partial charge in [0, 0.05) is 24.0 Å². The fourth-order valence-corrected chi connectivity index (χ4v) is 5.93. The summed E-state index contributed by atoms with van der Waals surface area (Å²) in [7, 11) is -3.44. The number of thiophene rings is 1. The van der Waals surface area contributed by atoms with Gasteiger partial charge in [0.25, 0.3) is 0 Å². The molecular weight excluding hydrogens is 388 g/mol.